The van der Waals surface area contributed by atoms with Crippen molar-refractivity contribution in [2.45, 2.75) is 12.8 Å². The third-order valence-corrected chi connectivity index (χ3v) is 0.860. The molecule has 1 N–H and O–H groups in total. The summed E-state index contributed by atoms with van der Waals surface area (Å²) in [7, 11) is 0. The Morgan fingerprint density at radius 3 is 2.56 bits per heavy atom. The second-order valence-corrected chi connectivity index (χ2v) is 1.61. The monoisotopic (exact) mass is 122 g/mol. The molecular formula is C7H10N2. The smallest absolute Gasteiger partial charge is 0.0635 e. The quantitative estimate of drug-likeness (QED) is 0.435. The normalized spacial score (nSPS) is 7.78. The van der Waals surface area contributed by atoms with Gasteiger partial charge >= 0.3 is 0 Å². The van der Waals surface area contributed by atoms with E-state index in [0.717, 1.165) is 19.5 Å². The lowest BCUT2D eigenvalue weighted by atomic mass is 10.4. The Balaban J connectivity index is 2.79. The van der Waals surface area contributed by atoms with Gasteiger partial charge in [-0.15, -0.1) is 12.3 Å². The first-order valence-electron chi connectivity index (χ1n) is 2.93. The fourth-order valence-corrected chi connectivity index (χ4v) is 0.430. The van der Waals surface area contributed by atoms with E-state index in [9.17, 15) is 0 Å². The van der Waals surface area contributed by atoms with E-state index in [1.54, 1.807) is 0 Å². The molecule has 9 heavy (non-hydrogen) atoms. The van der Waals surface area contributed by atoms with Crippen molar-refractivity contribution in [1.82, 2.24) is 5.32 Å². The van der Waals surface area contributed by atoms with Crippen molar-refractivity contribution in [3.63, 3.8) is 0 Å². The lowest BCUT2D eigenvalue weighted by molar-refractivity contribution is 0.706. The van der Waals surface area contributed by atoms with Crippen molar-refractivity contribution in [1.29, 1.82) is 5.26 Å². The Kier molecular flexibility index (Phi) is 6.24. The summed E-state index contributed by atoms with van der Waals surface area (Å²) < 4.78 is 0. The molecule has 0 saturated heterocycles. The molecule has 0 unspecified atom stereocenters. The fraction of sp³-hybridized carbons (Fsp3) is 0.571. The molecule has 0 fully saturated rings. The minimum atomic E-state index is 0.560. The van der Waals surface area contributed by atoms with Gasteiger partial charge in [-0.3, -0.25) is 0 Å². The van der Waals surface area contributed by atoms with Crippen LogP contribution in [0.2, 0.25) is 0 Å². The van der Waals surface area contributed by atoms with E-state index in [-0.39, 0.29) is 0 Å². The van der Waals surface area contributed by atoms with Crippen LogP contribution in [0.3, 0.4) is 0 Å². The fourth-order valence-electron chi connectivity index (χ4n) is 0.430. The largest absolute Gasteiger partial charge is 0.315 e. The van der Waals surface area contributed by atoms with Crippen molar-refractivity contribution >= 4 is 0 Å². The maximum atomic E-state index is 8.09. The van der Waals surface area contributed by atoms with Gasteiger partial charge in [0.05, 0.1) is 6.07 Å². The lowest BCUT2D eigenvalue weighted by Gasteiger charge is -1.94. The van der Waals surface area contributed by atoms with E-state index in [2.05, 4.69) is 11.2 Å². The van der Waals surface area contributed by atoms with Gasteiger partial charge in [-0.2, -0.15) is 5.26 Å². The summed E-state index contributed by atoms with van der Waals surface area (Å²) in [5.41, 5.74) is 0. The summed E-state index contributed by atoms with van der Waals surface area (Å²) in [6.45, 7) is 1.57. The van der Waals surface area contributed by atoms with Gasteiger partial charge in [-0.1, -0.05) is 0 Å². The molecule has 0 aliphatic rings. The molecule has 0 rings (SSSR count). The Hall–Kier alpha value is -0.990. The number of terminal acetylenes is 1. The highest BCUT2D eigenvalue weighted by Gasteiger charge is 1.81. The Morgan fingerprint density at radius 2 is 2.00 bits per heavy atom. The summed E-state index contributed by atoms with van der Waals surface area (Å²) in [6, 6.07) is 2.03. The summed E-state index contributed by atoms with van der Waals surface area (Å²) in [4.78, 5) is 0. The van der Waals surface area contributed by atoms with Crippen molar-refractivity contribution in [3.8, 4) is 18.4 Å². The topological polar surface area (TPSA) is 35.8 Å². The molecule has 2 nitrogen and oxygen atoms in total. The molecule has 0 aliphatic heterocycles. The van der Waals surface area contributed by atoms with Gasteiger partial charge in [-0.05, 0) is 0 Å². The van der Waals surface area contributed by atoms with Crippen LogP contribution in [0.4, 0.5) is 0 Å². The molecule has 0 spiro atoms. The van der Waals surface area contributed by atoms with E-state index >= 15 is 0 Å². The average molecular weight is 122 g/mol. The van der Waals surface area contributed by atoms with Gasteiger partial charge in [-0.25, -0.2) is 0 Å². The summed E-state index contributed by atoms with van der Waals surface area (Å²) in [6.07, 6.45) is 6.29. The molecule has 0 saturated carbocycles. The zero-order chi connectivity index (χ0) is 6.95. The molecule has 0 heterocycles. The van der Waals surface area contributed by atoms with Gasteiger partial charge in [0, 0.05) is 25.9 Å². The Bertz CT molecular complexity index is 111. The van der Waals surface area contributed by atoms with E-state index in [4.69, 9.17) is 11.7 Å². The van der Waals surface area contributed by atoms with Gasteiger partial charge in [0.25, 0.3) is 0 Å². The standard InChI is InChI=1S/C7H10N2/c1-2-3-6-9-7-4-5-8/h1,9H,3-4,6-7H2. The molecule has 0 atom stereocenters. The third-order valence-electron chi connectivity index (χ3n) is 0.860. The first kappa shape index (κ1) is 8.01. The van der Waals surface area contributed by atoms with Crippen LogP contribution in [-0.4, -0.2) is 13.1 Å². The molecule has 0 aromatic rings. The van der Waals surface area contributed by atoms with Crippen molar-refractivity contribution in [3.05, 3.63) is 0 Å². The minimum absolute atomic E-state index is 0.560. The van der Waals surface area contributed by atoms with Gasteiger partial charge in [0.15, 0.2) is 0 Å². The summed E-state index contributed by atoms with van der Waals surface area (Å²) in [5, 5.41) is 11.1. The third kappa shape index (κ3) is 7.01. The van der Waals surface area contributed by atoms with Crippen LogP contribution in [0, 0.1) is 23.7 Å². The van der Waals surface area contributed by atoms with E-state index in [1.165, 1.54) is 0 Å². The highest BCUT2D eigenvalue weighted by Crippen LogP contribution is 1.72. The SMILES string of the molecule is C#CCCNCCC#N. The molecule has 2 heteroatoms. The lowest BCUT2D eigenvalue weighted by Crippen LogP contribution is -2.15. The summed E-state index contributed by atoms with van der Waals surface area (Å²) in [5.74, 6) is 2.50. The average Bonchev–Trinajstić information content (AvgIpc) is 1.89. The van der Waals surface area contributed by atoms with E-state index in [0.29, 0.717) is 6.42 Å². The van der Waals surface area contributed by atoms with Gasteiger partial charge < -0.3 is 5.32 Å². The molecule has 0 aliphatic carbocycles. The first-order valence-corrected chi connectivity index (χ1v) is 2.93. The van der Waals surface area contributed by atoms with E-state index < -0.39 is 0 Å². The second-order valence-electron chi connectivity index (χ2n) is 1.61. The highest BCUT2D eigenvalue weighted by atomic mass is 14.8. The van der Waals surface area contributed by atoms with E-state index in [1.807, 2.05) is 6.07 Å². The minimum Gasteiger partial charge on any atom is -0.315 e. The van der Waals surface area contributed by atoms with Gasteiger partial charge in [0.2, 0.25) is 0 Å². The van der Waals surface area contributed by atoms with Crippen LogP contribution in [0.1, 0.15) is 12.8 Å². The first-order chi connectivity index (χ1) is 4.41. The van der Waals surface area contributed by atoms with Crippen molar-refractivity contribution in [2.75, 3.05) is 13.1 Å². The number of nitriles is 1. The number of nitrogens with zero attached hydrogens (tertiary/aromatic N) is 1. The number of hydrogen-bond donors (Lipinski definition) is 1. The van der Waals surface area contributed by atoms with Gasteiger partial charge in [0.1, 0.15) is 0 Å². The van der Waals surface area contributed by atoms with Crippen molar-refractivity contribution < 1.29 is 0 Å². The molecule has 0 aromatic heterocycles. The Labute approximate surface area is 55.9 Å². The highest BCUT2D eigenvalue weighted by molar-refractivity contribution is 4.84. The molecule has 0 aromatic carbocycles. The molecular weight excluding hydrogens is 112 g/mol. The molecule has 0 amide bonds. The predicted octanol–water partition coefficient (Wildman–Crippen LogP) is 0.513. The number of hydrogen-bond acceptors (Lipinski definition) is 2. The molecule has 48 valence electrons. The zero-order valence-corrected chi connectivity index (χ0v) is 5.35. The maximum absolute atomic E-state index is 8.09. The molecule has 0 bridgehead atoms. The second kappa shape index (κ2) is 7.01. The van der Waals surface area contributed by atoms with Crippen LogP contribution < -0.4 is 5.32 Å². The van der Waals surface area contributed by atoms with Crippen molar-refractivity contribution in [2.24, 2.45) is 0 Å². The maximum Gasteiger partial charge on any atom is 0.0635 e. The van der Waals surface area contributed by atoms with Crippen LogP contribution in [-0.2, 0) is 0 Å². The zero-order valence-electron chi connectivity index (χ0n) is 5.35. The predicted molar refractivity (Wildman–Crippen MR) is 36.5 cm³/mol. The van der Waals surface area contributed by atoms with Crippen LogP contribution in [0.5, 0.6) is 0 Å². The Morgan fingerprint density at radius 1 is 1.33 bits per heavy atom. The number of rotatable bonds is 4. The molecule has 0 radical (unpaired) electrons. The summed E-state index contributed by atoms with van der Waals surface area (Å²) >= 11 is 0. The van der Waals surface area contributed by atoms with Crippen LogP contribution >= 0.6 is 0 Å². The van der Waals surface area contributed by atoms with Crippen LogP contribution in [0.15, 0.2) is 0 Å². The van der Waals surface area contributed by atoms with Crippen LogP contribution in [0.25, 0.3) is 0 Å². The number of nitrogens with one attached hydrogen (secondary N) is 1.